The van der Waals surface area contributed by atoms with Crippen LogP contribution in [0.15, 0.2) is 46.0 Å². The van der Waals surface area contributed by atoms with Crippen molar-refractivity contribution in [1.29, 1.82) is 5.26 Å². The van der Waals surface area contributed by atoms with Crippen LogP contribution < -0.4 is 11.2 Å². The third-order valence-electron chi connectivity index (χ3n) is 4.76. The Labute approximate surface area is 159 Å². The third-order valence-corrected chi connectivity index (χ3v) is 4.76. The second kappa shape index (κ2) is 6.78. The quantitative estimate of drug-likeness (QED) is 0.642. The highest BCUT2D eigenvalue weighted by molar-refractivity contribution is 6.02. The van der Waals surface area contributed by atoms with Gasteiger partial charge in [-0.05, 0) is 31.0 Å². The van der Waals surface area contributed by atoms with Crippen molar-refractivity contribution in [3.63, 3.8) is 0 Å². The summed E-state index contributed by atoms with van der Waals surface area (Å²) in [6, 6.07) is 12.1. The molecule has 0 N–H and O–H groups in total. The SMILES string of the molecule is COC(=O)c1cc(C2CC2)nc2c1c(=O)n(CC#N)c(=O)n2-c1ccccc1. The van der Waals surface area contributed by atoms with Gasteiger partial charge in [0, 0.05) is 11.6 Å². The summed E-state index contributed by atoms with van der Waals surface area (Å²) in [5, 5.41) is 9.05. The summed E-state index contributed by atoms with van der Waals surface area (Å²) in [4.78, 5) is 43.1. The van der Waals surface area contributed by atoms with Crippen LogP contribution in [0.2, 0.25) is 0 Å². The van der Waals surface area contributed by atoms with Gasteiger partial charge in [-0.2, -0.15) is 5.26 Å². The number of nitrogens with zero attached hydrogens (tertiary/aromatic N) is 4. The second-order valence-corrected chi connectivity index (χ2v) is 6.56. The molecule has 0 spiro atoms. The predicted octanol–water partition coefficient (Wildman–Crippen LogP) is 1.73. The standard InChI is InChI=1S/C20H16N4O4/c1-28-19(26)14-11-15(12-7-8-12)22-17-16(14)18(25)23(10-9-21)20(27)24(17)13-5-3-2-4-6-13/h2-6,11-12H,7-8,10H2,1H3. The number of pyridine rings is 1. The van der Waals surface area contributed by atoms with E-state index in [1.54, 1.807) is 36.4 Å². The Kier molecular flexibility index (Phi) is 4.28. The summed E-state index contributed by atoms with van der Waals surface area (Å²) >= 11 is 0. The van der Waals surface area contributed by atoms with Crippen molar-refractivity contribution in [2.75, 3.05) is 7.11 Å². The molecule has 3 aromatic rings. The lowest BCUT2D eigenvalue weighted by Gasteiger charge is -2.15. The highest BCUT2D eigenvalue weighted by atomic mass is 16.5. The molecule has 1 aliphatic rings. The largest absolute Gasteiger partial charge is 0.465 e. The zero-order valence-electron chi connectivity index (χ0n) is 15.1. The van der Waals surface area contributed by atoms with Crippen molar-refractivity contribution >= 4 is 17.0 Å². The van der Waals surface area contributed by atoms with Gasteiger partial charge in [0.2, 0.25) is 0 Å². The van der Waals surface area contributed by atoms with Gasteiger partial charge in [-0.3, -0.25) is 4.79 Å². The summed E-state index contributed by atoms with van der Waals surface area (Å²) in [7, 11) is 1.23. The van der Waals surface area contributed by atoms with Crippen LogP contribution in [-0.2, 0) is 11.3 Å². The number of ether oxygens (including phenoxy) is 1. The molecule has 8 heteroatoms. The van der Waals surface area contributed by atoms with Gasteiger partial charge in [0.1, 0.15) is 6.54 Å². The van der Waals surface area contributed by atoms with E-state index in [0.717, 1.165) is 17.4 Å². The van der Waals surface area contributed by atoms with Crippen molar-refractivity contribution in [2.24, 2.45) is 0 Å². The number of aromatic nitrogens is 3. The Balaban J connectivity index is 2.22. The Bertz CT molecular complexity index is 1250. The summed E-state index contributed by atoms with van der Waals surface area (Å²) in [5.41, 5.74) is -0.128. The topological polar surface area (TPSA) is 107 Å². The van der Waals surface area contributed by atoms with E-state index in [-0.39, 0.29) is 22.5 Å². The number of carbonyl (C=O) groups excluding carboxylic acids is 1. The van der Waals surface area contributed by atoms with Crippen LogP contribution in [0.25, 0.3) is 16.7 Å². The van der Waals surface area contributed by atoms with Gasteiger partial charge in [-0.15, -0.1) is 0 Å². The first-order chi connectivity index (χ1) is 13.6. The van der Waals surface area contributed by atoms with E-state index in [1.165, 1.54) is 11.7 Å². The summed E-state index contributed by atoms with van der Waals surface area (Å²) in [5.74, 6) is -0.498. The normalized spacial score (nSPS) is 13.3. The molecule has 28 heavy (non-hydrogen) atoms. The molecule has 0 aliphatic heterocycles. The molecule has 0 radical (unpaired) electrons. The van der Waals surface area contributed by atoms with Gasteiger partial charge in [0.15, 0.2) is 5.65 Å². The molecule has 1 fully saturated rings. The van der Waals surface area contributed by atoms with Crippen molar-refractivity contribution < 1.29 is 9.53 Å². The summed E-state index contributed by atoms with van der Waals surface area (Å²) in [6.07, 6.45) is 1.86. The highest BCUT2D eigenvalue weighted by Crippen LogP contribution is 2.40. The number of hydrogen-bond acceptors (Lipinski definition) is 6. The highest BCUT2D eigenvalue weighted by Gasteiger charge is 2.29. The molecule has 1 saturated carbocycles. The number of rotatable bonds is 4. The van der Waals surface area contributed by atoms with Gasteiger partial charge in [0.25, 0.3) is 5.56 Å². The number of hydrogen-bond donors (Lipinski definition) is 0. The predicted molar refractivity (Wildman–Crippen MR) is 101 cm³/mol. The number of benzene rings is 1. The van der Waals surface area contributed by atoms with Crippen LogP contribution in [-0.4, -0.2) is 27.2 Å². The van der Waals surface area contributed by atoms with E-state index in [0.29, 0.717) is 11.4 Å². The van der Waals surface area contributed by atoms with E-state index in [2.05, 4.69) is 4.98 Å². The maximum Gasteiger partial charge on any atom is 0.338 e. The Morgan fingerprint density at radius 1 is 1.29 bits per heavy atom. The fourth-order valence-electron chi connectivity index (χ4n) is 3.24. The molecule has 0 amide bonds. The van der Waals surface area contributed by atoms with E-state index in [4.69, 9.17) is 10.00 Å². The zero-order valence-corrected chi connectivity index (χ0v) is 15.1. The fraction of sp³-hybridized carbons (Fsp3) is 0.250. The number of carbonyl (C=O) groups is 1. The molecular weight excluding hydrogens is 360 g/mol. The van der Waals surface area contributed by atoms with Gasteiger partial charge in [0.05, 0.1) is 29.8 Å². The van der Waals surface area contributed by atoms with Crippen LogP contribution in [0, 0.1) is 11.3 Å². The molecule has 2 aromatic heterocycles. The van der Waals surface area contributed by atoms with Crippen molar-refractivity contribution in [3.8, 4) is 11.8 Å². The van der Waals surface area contributed by atoms with Crippen molar-refractivity contribution in [2.45, 2.75) is 25.3 Å². The molecule has 0 saturated heterocycles. The first-order valence-electron chi connectivity index (χ1n) is 8.78. The lowest BCUT2D eigenvalue weighted by atomic mass is 10.1. The van der Waals surface area contributed by atoms with E-state index >= 15 is 0 Å². The minimum absolute atomic E-state index is 0.0325. The molecule has 0 bridgehead atoms. The van der Waals surface area contributed by atoms with Crippen LogP contribution in [0.1, 0.15) is 34.8 Å². The monoisotopic (exact) mass is 376 g/mol. The zero-order chi connectivity index (χ0) is 19.8. The van der Waals surface area contributed by atoms with Crippen LogP contribution in [0.4, 0.5) is 0 Å². The lowest BCUT2D eigenvalue weighted by molar-refractivity contribution is 0.0602. The smallest absolute Gasteiger partial charge is 0.338 e. The Morgan fingerprint density at radius 2 is 2.00 bits per heavy atom. The van der Waals surface area contributed by atoms with Crippen LogP contribution >= 0.6 is 0 Å². The molecule has 4 rings (SSSR count). The molecule has 2 heterocycles. The minimum Gasteiger partial charge on any atom is -0.465 e. The van der Waals surface area contributed by atoms with Gasteiger partial charge in [-0.25, -0.2) is 23.7 Å². The minimum atomic E-state index is -0.732. The lowest BCUT2D eigenvalue weighted by Crippen LogP contribution is -2.40. The number of para-hydroxylation sites is 1. The molecule has 8 nitrogen and oxygen atoms in total. The number of esters is 1. The van der Waals surface area contributed by atoms with E-state index in [9.17, 15) is 14.4 Å². The molecule has 1 aromatic carbocycles. The van der Waals surface area contributed by atoms with Crippen LogP contribution in [0.5, 0.6) is 0 Å². The first kappa shape index (κ1) is 17.7. The fourth-order valence-corrected chi connectivity index (χ4v) is 3.24. The maximum absolute atomic E-state index is 13.1. The van der Waals surface area contributed by atoms with E-state index in [1.807, 2.05) is 6.07 Å². The molecule has 140 valence electrons. The van der Waals surface area contributed by atoms with Crippen molar-refractivity contribution in [3.05, 3.63) is 68.5 Å². The molecular formula is C20H16N4O4. The summed E-state index contributed by atoms with van der Waals surface area (Å²) in [6.45, 7) is -0.439. The van der Waals surface area contributed by atoms with Crippen molar-refractivity contribution in [1.82, 2.24) is 14.1 Å². The van der Waals surface area contributed by atoms with Gasteiger partial charge >= 0.3 is 11.7 Å². The average Bonchev–Trinajstić information content (AvgIpc) is 3.56. The molecule has 0 unspecified atom stereocenters. The molecule has 0 atom stereocenters. The molecule has 1 aliphatic carbocycles. The third kappa shape index (κ3) is 2.77. The number of nitriles is 1. The Morgan fingerprint density at radius 3 is 2.61 bits per heavy atom. The second-order valence-electron chi connectivity index (χ2n) is 6.56. The van der Waals surface area contributed by atoms with E-state index < -0.39 is 23.8 Å². The average molecular weight is 376 g/mol. The maximum atomic E-state index is 13.1. The van der Waals surface area contributed by atoms with Crippen LogP contribution in [0.3, 0.4) is 0 Å². The first-order valence-corrected chi connectivity index (χ1v) is 8.78. The number of methoxy groups -OCH3 is 1. The summed E-state index contributed by atoms with van der Waals surface area (Å²) < 4.78 is 6.94. The van der Waals surface area contributed by atoms with Gasteiger partial charge < -0.3 is 4.74 Å². The number of fused-ring (bicyclic) bond motifs is 1. The Hall–Kier alpha value is -3.73. The van der Waals surface area contributed by atoms with Gasteiger partial charge in [-0.1, -0.05) is 18.2 Å².